The number of aldehydes is 1. The molecule has 2 saturated heterocycles. The first-order valence-electron chi connectivity index (χ1n) is 14.0. The van der Waals surface area contributed by atoms with Gasteiger partial charge in [-0.2, -0.15) is 5.26 Å². The number of rotatable bonds is 8. The normalized spacial score (nSPS) is 21.6. The first kappa shape index (κ1) is 29.4. The SMILES string of the molecule is CO[C@H]1COCC[C@@H]1Oc1cc(NC(=O)N2CCCc3cc(CN(C)C(=O)[C@H]4CCCO4)c(C=O)nc32)ncc1C#N. The predicted molar refractivity (Wildman–Crippen MR) is 149 cm³/mol. The number of nitriles is 1. The fourth-order valence-corrected chi connectivity index (χ4v) is 5.41. The van der Waals surface area contributed by atoms with Gasteiger partial charge in [0.15, 0.2) is 6.29 Å². The summed E-state index contributed by atoms with van der Waals surface area (Å²) in [6.45, 7) is 2.05. The van der Waals surface area contributed by atoms with Crippen molar-refractivity contribution in [3.05, 3.63) is 40.7 Å². The Kier molecular flexibility index (Phi) is 9.26. The van der Waals surface area contributed by atoms with Crippen LogP contribution in [0.5, 0.6) is 5.75 Å². The van der Waals surface area contributed by atoms with Crippen molar-refractivity contribution in [2.45, 2.75) is 57.0 Å². The van der Waals surface area contributed by atoms with Crippen molar-refractivity contribution >= 4 is 29.9 Å². The fraction of sp³-hybridized carbons (Fsp3) is 0.517. The summed E-state index contributed by atoms with van der Waals surface area (Å²) in [5, 5.41) is 12.4. The van der Waals surface area contributed by atoms with Gasteiger partial charge in [-0.05, 0) is 37.3 Å². The van der Waals surface area contributed by atoms with E-state index in [4.69, 9.17) is 18.9 Å². The highest BCUT2D eigenvalue weighted by atomic mass is 16.6. The van der Waals surface area contributed by atoms with Gasteiger partial charge in [-0.25, -0.2) is 14.8 Å². The summed E-state index contributed by atoms with van der Waals surface area (Å²) in [4.78, 5) is 50.0. The van der Waals surface area contributed by atoms with Gasteiger partial charge in [-0.3, -0.25) is 19.8 Å². The molecule has 1 N–H and O–H groups in total. The van der Waals surface area contributed by atoms with Gasteiger partial charge in [0.2, 0.25) is 0 Å². The van der Waals surface area contributed by atoms with E-state index < -0.39 is 12.1 Å². The fourth-order valence-electron chi connectivity index (χ4n) is 5.41. The zero-order valence-corrected chi connectivity index (χ0v) is 23.7. The Labute approximate surface area is 243 Å². The largest absolute Gasteiger partial charge is 0.486 e. The van der Waals surface area contributed by atoms with Crippen molar-refractivity contribution in [3.8, 4) is 11.8 Å². The Morgan fingerprint density at radius 1 is 1.26 bits per heavy atom. The molecule has 0 unspecified atom stereocenters. The van der Waals surface area contributed by atoms with E-state index in [1.54, 1.807) is 19.1 Å². The molecule has 0 bridgehead atoms. The molecule has 5 heterocycles. The number of likely N-dealkylation sites (N-methyl/N-ethyl adjacent to an activating group) is 1. The number of ether oxygens (including phenoxy) is 4. The molecule has 222 valence electrons. The molecule has 0 saturated carbocycles. The number of urea groups is 1. The van der Waals surface area contributed by atoms with Gasteiger partial charge in [0, 0.05) is 51.9 Å². The molecule has 42 heavy (non-hydrogen) atoms. The molecule has 2 aromatic heterocycles. The molecule has 0 aromatic carbocycles. The molecule has 3 amide bonds. The van der Waals surface area contributed by atoms with Gasteiger partial charge in [0.05, 0.1) is 19.4 Å². The van der Waals surface area contributed by atoms with Crippen LogP contribution in [0, 0.1) is 11.3 Å². The molecular weight excluding hydrogens is 544 g/mol. The van der Waals surface area contributed by atoms with E-state index in [-0.39, 0.29) is 47.5 Å². The van der Waals surface area contributed by atoms with Crippen LogP contribution in [-0.2, 0) is 32.0 Å². The molecule has 5 rings (SSSR count). The van der Waals surface area contributed by atoms with E-state index in [0.717, 1.165) is 12.0 Å². The van der Waals surface area contributed by atoms with Crippen LogP contribution in [-0.4, -0.2) is 91.9 Å². The molecule has 0 spiro atoms. The molecule has 3 atom stereocenters. The molecule has 0 aliphatic carbocycles. The van der Waals surface area contributed by atoms with Gasteiger partial charge in [0.25, 0.3) is 5.91 Å². The molecule has 13 heteroatoms. The Morgan fingerprint density at radius 2 is 2.12 bits per heavy atom. The lowest BCUT2D eigenvalue weighted by Crippen LogP contribution is -2.42. The molecular formula is C29H34N6O7. The minimum absolute atomic E-state index is 0.129. The minimum atomic E-state index is -0.484. The first-order chi connectivity index (χ1) is 20.4. The Morgan fingerprint density at radius 3 is 2.86 bits per heavy atom. The second-order valence-electron chi connectivity index (χ2n) is 10.5. The third-order valence-corrected chi connectivity index (χ3v) is 7.67. The van der Waals surface area contributed by atoms with Crippen LogP contribution >= 0.6 is 0 Å². The number of carbonyl (C=O) groups is 3. The van der Waals surface area contributed by atoms with E-state index in [1.165, 1.54) is 17.2 Å². The van der Waals surface area contributed by atoms with E-state index in [9.17, 15) is 19.6 Å². The summed E-state index contributed by atoms with van der Waals surface area (Å²) in [6.07, 6.45) is 4.38. The number of methoxy groups -OCH3 is 1. The number of amides is 3. The van der Waals surface area contributed by atoms with Gasteiger partial charge >= 0.3 is 6.03 Å². The molecule has 2 aromatic rings. The van der Waals surface area contributed by atoms with Crippen LogP contribution < -0.4 is 15.0 Å². The van der Waals surface area contributed by atoms with Crippen LogP contribution in [0.2, 0.25) is 0 Å². The third-order valence-electron chi connectivity index (χ3n) is 7.67. The van der Waals surface area contributed by atoms with Crippen LogP contribution in [0.25, 0.3) is 0 Å². The maximum Gasteiger partial charge on any atom is 0.328 e. The second kappa shape index (κ2) is 13.2. The maximum absolute atomic E-state index is 13.4. The van der Waals surface area contributed by atoms with Crippen molar-refractivity contribution in [2.75, 3.05) is 50.7 Å². The molecule has 13 nitrogen and oxygen atoms in total. The van der Waals surface area contributed by atoms with Crippen LogP contribution in [0.15, 0.2) is 18.3 Å². The molecule has 3 aliphatic rings. The topological polar surface area (TPSA) is 156 Å². The summed E-state index contributed by atoms with van der Waals surface area (Å²) >= 11 is 0. The van der Waals surface area contributed by atoms with Crippen molar-refractivity contribution < 1.29 is 33.3 Å². The maximum atomic E-state index is 13.4. The average molecular weight is 579 g/mol. The number of hydrogen-bond donors (Lipinski definition) is 1. The number of nitrogens with one attached hydrogen (secondary N) is 1. The molecule has 3 aliphatic heterocycles. The first-order valence-corrected chi connectivity index (χ1v) is 14.0. The number of fused-ring (bicyclic) bond motifs is 1. The zero-order valence-electron chi connectivity index (χ0n) is 23.7. The lowest BCUT2D eigenvalue weighted by molar-refractivity contribution is -0.140. The number of anilines is 2. The number of nitrogens with zero attached hydrogens (tertiary/aromatic N) is 5. The summed E-state index contributed by atoms with van der Waals surface area (Å²) in [7, 11) is 3.25. The number of aromatic nitrogens is 2. The van der Waals surface area contributed by atoms with Gasteiger partial charge < -0.3 is 23.8 Å². The quantitative estimate of drug-likeness (QED) is 0.462. The summed E-state index contributed by atoms with van der Waals surface area (Å²) in [5.41, 5.74) is 1.80. The standard InChI is InChI=1S/C29H34N6O7/c1-34(28(37)23-6-4-9-41-23)15-19-11-18-5-3-8-35(27(18)32-21(19)16-36)29(38)33-26-12-24(20(13-30)14-31-26)42-22-7-10-40-17-25(22)39-2/h11-12,14,16,22-23,25H,3-10,15,17H2,1-2H3,(H,31,33,38)/t22-,23+,25-/m0/s1. The summed E-state index contributed by atoms with van der Waals surface area (Å²) in [5.74, 6) is 0.732. The number of aryl methyl sites for hydroxylation is 1. The van der Waals surface area contributed by atoms with E-state index >= 15 is 0 Å². The second-order valence-corrected chi connectivity index (χ2v) is 10.5. The van der Waals surface area contributed by atoms with E-state index in [1.807, 2.05) is 6.07 Å². The van der Waals surface area contributed by atoms with E-state index in [0.29, 0.717) is 69.7 Å². The predicted octanol–water partition coefficient (Wildman–Crippen LogP) is 2.47. The van der Waals surface area contributed by atoms with Crippen molar-refractivity contribution in [3.63, 3.8) is 0 Å². The monoisotopic (exact) mass is 578 g/mol. The Hall–Kier alpha value is -4.12. The highest BCUT2D eigenvalue weighted by Gasteiger charge is 2.31. The highest BCUT2D eigenvalue weighted by Crippen LogP contribution is 2.30. The molecule has 2 fully saturated rings. The van der Waals surface area contributed by atoms with Crippen molar-refractivity contribution in [1.29, 1.82) is 5.26 Å². The van der Waals surface area contributed by atoms with Gasteiger partial charge in [0.1, 0.15) is 53.0 Å². The molecule has 0 radical (unpaired) electrons. The smallest absolute Gasteiger partial charge is 0.328 e. The lowest BCUT2D eigenvalue weighted by Gasteiger charge is -2.31. The third kappa shape index (κ3) is 6.35. The average Bonchev–Trinajstić information content (AvgIpc) is 3.55. The van der Waals surface area contributed by atoms with Crippen LogP contribution in [0.4, 0.5) is 16.4 Å². The van der Waals surface area contributed by atoms with E-state index in [2.05, 4.69) is 21.4 Å². The van der Waals surface area contributed by atoms with Gasteiger partial charge in [-0.1, -0.05) is 0 Å². The van der Waals surface area contributed by atoms with Crippen molar-refractivity contribution in [2.24, 2.45) is 0 Å². The summed E-state index contributed by atoms with van der Waals surface area (Å²) in [6, 6.07) is 4.94. The number of pyridine rings is 2. The number of carbonyl (C=O) groups excluding carboxylic acids is 3. The zero-order chi connectivity index (χ0) is 29.6. The lowest BCUT2D eigenvalue weighted by atomic mass is 10.0. The number of hydrogen-bond acceptors (Lipinski definition) is 10. The summed E-state index contributed by atoms with van der Waals surface area (Å²) < 4.78 is 22.5. The van der Waals surface area contributed by atoms with Gasteiger partial charge in [-0.15, -0.1) is 0 Å². The van der Waals surface area contributed by atoms with Crippen LogP contribution in [0.1, 0.15) is 52.9 Å². The van der Waals surface area contributed by atoms with Crippen LogP contribution in [0.3, 0.4) is 0 Å². The Bertz CT molecular complexity index is 1370. The van der Waals surface area contributed by atoms with Crippen molar-refractivity contribution in [1.82, 2.24) is 14.9 Å². The minimum Gasteiger partial charge on any atom is -0.486 e. The highest BCUT2D eigenvalue weighted by molar-refractivity contribution is 6.01. The Balaban J connectivity index is 1.32.